The van der Waals surface area contributed by atoms with Crippen molar-refractivity contribution in [1.82, 2.24) is 5.32 Å². The molecule has 0 saturated carbocycles. The van der Waals surface area contributed by atoms with Crippen LogP contribution in [0.5, 0.6) is 0 Å². The van der Waals surface area contributed by atoms with Crippen LogP contribution >= 0.6 is 11.6 Å². The highest BCUT2D eigenvalue weighted by Gasteiger charge is 2.31. The number of carbonyl (C=O) groups is 2. The molecule has 3 N–H and O–H groups in total. The van der Waals surface area contributed by atoms with Crippen LogP contribution in [0.1, 0.15) is 5.56 Å². The van der Waals surface area contributed by atoms with Crippen LogP contribution in [-0.4, -0.2) is 23.7 Å². The lowest BCUT2D eigenvalue weighted by atomic mass is 10.2. The standard InChI is InChI=1S/C10H8ClF3N2O3/c11-6-1-5(10(12,13)14)2-7(3-6)16-9(19)15-4-8(17)18/h1-3H,4H2,(H,17,18)(H2,15,16,19). The van der Waals surface area contributed by atoms with Gasteiger partial charge in [0.15, 0.2) is 0 Å². The smallest absolute Gasteiger partial charge is 0.416 e. The quantitative estimate of drug-likeness (QED) is 0.802. The number of hydrogen-bond donors (Lipinski definition) is 3. The molecule has 0 fully saturated rings. The second-order valence-electron chi connectivity index (χ2n) is 3.43. The van der Waals surface area contributed by atoms with Crippen molar-refractivity contribution < 1.29 is 27.9 Å². The second kappa shape index (κ2) is 5.79. The van der Waals surface area contributed by atoms with E-state index in [1.165, 1.54) is 0 Å². The first kappa shape index (κ1) is 15.1. The van der Waals surface area contributed by atoms with E-state index in [-0.39, 0.29) is 10.7 Å². The minimum Gasteiger partial charge on any atom is -0.480 e. The minimum atomic E-state index is -4.60. The van der Waals surface area contributed by atoms with Gasteiger partial charge in [-0.3, -0.25) is 4.79 Å². The Hall–Kier alpha value is -1.96. The molecule has 0 saturated heterocycles. The fraction of sp³-hybridized carbons (Fsp3) is 0.200. The van der Waals surface area contributed by atoms with Crippen LogP contribution in [0.3, 0.4) is 0 Å². The number of anilines is 1. The minimum absolute atomic E-state index is 0.192. The number of urea groups is 1. The molecule has 0 aliphatic heterocycles. The first-order chi connectivity index (χ1) is 8.68. The van der Waals surface area contributed by atoms with Crippen molar-refractivity contribution in [3.8, 4) is 0 Å². The molecule has 1 aromatic carbocycles. The fourth-order valence-corrected chi connectivity index (χ4v) is 1.39. The Morgan fingerprint density at radius 2 is 1.89 bits per heavy atom. The third kappa shape index (κ3) is 5.04. The topological polar surface area (TPSA) is 78.4 Å². The van der Waals surface area contributed by atoms with Crippen LogP contribution in [-0.2, 0) is 11.0 Å². The summed E-state index contributed by atoms with van der Waals surface area (Å²) in [7, 11) is 0. The van der Waals surface area contributed by atoms with Gasteiger partial charge in [0.1, 0.15) is 6.54 Å². The van der Waals surface area contributed by atoms with Crippen LogP contribution in [0.4, 0.5) is 23.7 Å². The molecule has 0 aliphatic carbocycles. The van der Waals surface area contributed by atoms with Gasteiger partial charge >= 0.3 is 18.2 Å². The van der Waals surface area contributed by atoms with Gasteiger partial charge in [0.2, 0.25) is 0 Å². The molecule has 2 amide bonds. The highest BCUT2D eigenvalue weighted by atomic mass is 35.5. The number of amides is 2. The summed E-state index contributed by atoms with van der Waals surface area (Å²) < 4.78 is 37.4. The van der Waals surface area contributed by atoms with Crippen LogP contribution in [0, 0.1) is 0 Å². The normalized spacial score (nSPS) is 10.9. The van der Waals surface area contributed by atoms with Crippen molar-refractivity contribution >= 4 is 29.3 Å². The Bertz CT molecular complexity index is 505. The molecule has 1 rings (SSSR count). The van der Waals surface area contributed by atoms with Gasteiger partial charge in [0, 0.05) is 10.7 Å². The molecular weight excluding hydrogens is 289 g/mol. The Morgan fingerprint density at radius 1 is 1.26 bits per heavy atom. The van der Waals surface area contributed by atoms with Crippen LogP contribution < -0.4 is 10.6 Å². The van der Waals surface area contributed by atoms with Crippen molar-refractivity contribution in [2.24, 2.45) is 0 Å². The lowest BCUT2D eigenvalue weighted by Crippen LogP contribution is -2.33. The van der Waals surface area contributed by atoms with E-state index in [1.807, 2.05) is 5.32 Å². The van der Waals surface area contributed by atoms with Crippen molar-refractivity contribution in [2.45, 2.75) is 6.18 Å². The third-order valence-corrected chi connectivity index (χ3v) is 2.10. The number of carbonyl (C=O) groups excluding carboxylic acids is 1. The average molecular weight is 297 g/mol. The molecule has 0 spiro atoms. The number of aliphatic carboxylic acids is 1. The number of carboxylic acids is 1. The second-order valence-corrected chi connectivity index (χ2v) is 3.86. The van der Waals surface area contributed by atoms with Crippen molar-refractivity contribution in [3.63, 3.8) is 0 Å². The zero-order chi connectivity index (χ0) is 14.6. The van der Waals surface area contributed by atoms with E-state index in [0.29, 0.717) is 12.1 Å². The molecule has 1 aromatic rings. The van der Waals surface area contributed by atoms with Gasteiger partial charge < -0.3 is 15.7 Å². The average Bonchev–Trinajstić information content (AvgIpc) is 2.24. The zero-order valence-electron chi connectivity index (χ0n) is 9.21. The Kier molecular flexibility index (Phi) is 4.60. The molecule has 9 heteroatoms. The molecule has 0 heterocycles. The fourth-order valence-electron chi connectivity index (χ4n) is 1.16. The summed E-state index contributed by atoms with van der Waals surface area (Å²) in [6.07, 6.45) is -4.60. The molecule has 0 aromatic heterocycles. The molecule has 104 valence electrons. The summed E-state index contributed by atoms with van der Waals surface area (Å²) in [5.41, 5.74) is -1.21. The largest absolute Gasteiger partial charge is 0.480 e. The SMILES string of the molecule is O=C(O)CNC(=O)Nc1cc(Cl)cc(C(F)(F)F)c1. The van der Waals surface area contributed by atoms with E-state index in [4.69, 9.17) is 16.7 Å². The molecule has 0 unspecified atom stereocenters. The van der Waals surface area contributed by atoms with Crippen molar-refractivity contribution in [1.29, 1.82) is 0 Å². The van der Waals surface area contributed by atoms with Gasteiger partial charge in [-0.05, 0) is 18.2 Å². The molecule has 0 aliphatic rings. The lowest BCUT2D eigenvalue weighted by molar-refractivity contribution is -0.137. The number of halogens is 4. The van der Waals surface area contributed by atoms with Gasteiger partial charge in [0.05, 0.1) is 5.56 Å². The maximum Gasteiger partial charge on any atom is 0.416 e. The van der Waals surface area contributed by atoms with Gasteiger partial charge in [0.25, 0.3) is 0 Å². The number of nitrogens with one attached hydrogen (secondary N) is 2. The molecule has 0 bridgehead atoms. The lowest BCUT2D eigenvalue weighted by Gasteiger charge is -2.11. The van der Waals surface area contributed by atoms with Gasteiger partial charge in [-0.15, -0.1) is 0 Å². The third-order valence-electron chi connectivity index (χ3n) is 1.88. The maximum atomic E-state index is 12.5. The number of alkyl halides is 3. The van der Waals surface area contributed by atoms with E-state index in [0.717, 1.165) is 6.07 Å². The number of hydrogen-bond acceptors (Lipinski definition) is 2. The van der Waals surface area contributed by atoms with E-state index >= 15 is 0 Å². The first-order valence-electron chi connectivity index (χ1n) is 4.83. The van der Waals surface area contributed by atoms with Crippen LogP contribution in [0.2, 0.25) is 5.02 Å². The van der Waals surface area contributed by atoms with Gasteiger partial charge in [-0.2, -0.15) is 13.2 Å². The first-order valence-corrected chi connectivity index (χ1v) is 5.20. The number of rotatable bonds is 3. The maximum absolute atomic E-state index is 12.5. The predicted octanol–water partition coefficient (Wildman–Crippen LogP) is 2.56. The summed E-state index contributed by atoms with van der Waals surface area (Å²) >= 11 is 5.50. The monoisotopic (exact) mass is 296 g/mol. The Balaban J connectivity index is 2.81. The molecular formula is C10H8ClF3N2O3. The Morgan fingerprint density at radius 3 is 2.42 bits per heavy atom. The summed E-state index contributed by atoms with van der Waals surface area (Å²) in [6.45, 7) is -0.654. The molecule has 0 atom stereocenters. The van der Waals surface area contributed by atoms with Crippen molar-refractivity contribution in [2.75, 3.05) is 11.9 Å². The molecule has 0 radical (unpaired) electrons. The highest BCUT2D eigenvalue weighted by Crippen LogP contribution is 2.33. The van der Waals surface area contributed by atoms with Gasteiger partial charge in [-0.25, -0.2) is 4.79 Å². The summed E-state index contributed by atoms with van der Waals surface area (Å²) in [6, 6.07) is 1.56. The van der Waals surface area contributed by atoms with Crippen molar-refractivity contribution in [3.05, 3.63) is 28.8 Å². The molecule has 5 nitrogen and oxygen atoms in total. The van der Waals surface area contributed by atoms with E-state index in [2.05, 4.69) is 5.32 Å². The predicted molar refractivity (Wildman–Crippen MR) is 61.1 cm³/mol. The van der Waals surface area contributed by atoms with E-state index in [1.54, 1.807) is 0 Å². The summed E-state index contributed by atoms with van der Waals surface area (Å²) in [5, 5.41) is 12.1. The number of benzene rings is 1. The number of carboxylic acid groups (broad SMARTS) is 1. The van der Waals surface area contributed by atoms with E-state index in [9.17, 15) is 22.8 Å². The van der Waals surface area contributed by atoms with Crippen LogP contribution in [0.25, 0.3) is 0 Å². The zero-order valence-corrected chi connectivity index (χ0v) is 9.97. The van der Waals surface area contributed by atoms with E-state index < -0.39 is 30.3 Å². The Labute approximate surface area is 110 Å². The summed E-state index contributed by atoms with van der Waals surface area (Å²) in [5.74, 6) is -1.28. The van der Waals surface area contributed by atoms with Crippen LogP contribution in [0.15, 0.2) is 18.2 Å². The van der Waals surface area contributed by atoms with Gasteiger partial charge in [-0.1, -0.05) is 11.6 Å². The highest BCUT2D eigenvalue weighted by molar-refractivity contribution is 6.31. The molecule has 19 heavy (non-hydrogen) atoms. The summed E-state index contributed by atoms with van der Waals surface area (Å²) in [4.78, 5) is 21.4.